The zero-order chi connectivity index (χ0) is 26.2. The van der Waals surface area contributed by atoms with Gasteiger partial charge < -0.3 is 15.5 Å². The SMILES string of the molecule is CC1CCN(c2ccc(NC(=O)Nc3ccc(-c4cncc5c4cnn5C)cc3)cc2C(F)(F)F)CC1. The first-order valence-electron chi connectivity index (χ1n) is 12.1. The van der Waals surface area contributed by atoms with Crippen molar-refractivity contribution < 1.29 is 18.0 Å². The second-order valence-electron chi connectivity index (χ2n) is 9.44. The Morgan fingerprint density at radius 3 is 2.35 bits per heavy atom. The summed E-state index contributed by atoms with van der Waals surface area (Å²) in [7, 11) is 1.85. The highest BCUT2D eigenvalue weighted by atomic mass is 19.4. The molecule has 0 spiro atoms. The molecule has 0 bridgehead atoms. The lowest BCUT2D eigenvalue weighted by molar-refractivity contribution is -0.137. The third-order valence-electron chi connectivity index (χ3n) is 6.81. The molecule has 3 heterocycles. The molecule has 192 valence electrons. The van der Waals surface area contributed by atoms with Gasteiger partial charge in [-0.1, -0.05) is 19.1 Å². The summed E-state index contributed by atoms with van der Waals surface area (Å²) in [4.78, 5) is 18.6. The number of hydrogen-bond donors (Lipinski definition) is 2. The highest BCUT2D eigenvalue weighted by Gasteiger charge is 2.36. The monoisotopic (exact) mass is 508 g/mol. The third kappa shape index (κ3) is 5.23. The van der Waals surface area contributed by atoms with Crippen molar-refractivity contribution in [2.24, 2.45) is 13.0 Å². The maximum Gasteiger partial charge on any atom is 0.418 e. The van der Waals surface area contributed by atoms with Crippen LogP contribution in [0.25, 0.3) is 22.0 Å². The van der Waals surface area contributed by atoms with Crippen molar-refractivity contribution in [2.45, 2.75) is 25.9 Å². The summed E-state index contributed by atoms with van der Waals surface area (Å²) in [6.07, 6.45) is 2.45. The van der Waals surface area contributed by atoms with E-state index in [-0.39, 0.29) is 11.4 Å². The number of fused-ring (bicyclic) bond motifs is 1. The minimum atomic E-state index is -4.53. The van der Waals surface area contributed by atoms with Crippen LogP contribution in [0.15, 0.2) is 61.1 Å². The first-order chi connectivity index (χ1) is 17.7. The topological polar surface area (TPSA) is 75.1 Å². The van der Waals surface area contributed by atoms with E-state index < -0.39 is 17.8 Å². The smallest absolute Gasteiger partial charge is 0.371 e. The molecule has 1 aliphatic rings. The Kier molecular flexibility index (Phi) is 6.49. The zero-order valence-electron chi connectivity index (χ0n) is 20.5. The fourth-order valence-electron chi connectivity index (χ4n) is 4.68. The van der Waals surface area contributed by atoms with Crippen LogP contribution in [0.2, 0.25) is 0 Å². The number of rotatable bonds is 4. The van der Waals surface area contributed by atoms with E-state index >= 15 is 0 Å². The van der Waals surface area contributed by atoms with E-state index in [9.17, 15) is 18.0 Å². The largest absolute Gasteiger partial charge is 0.418 e. The molecule has 0 radical (unpaired) electrons. The Morgan fingerprint density at radius 2 is 1.65 bits per heavy atom. The minimum absolute atomic E-state index is 0.0740. The number of hydrogen-bond acceptors (Lipinski definition) is 4. The van der Waals surface area contributed by atoms with Gasteiger partial charge in [-0.15, -0.1) is 0 Å². The molecule has 2 aromatic heterocycles. The average molecular weight is 509 g/mol. The van der Waals surface area contributed by atoms with Crippen LogP contribution in [0.1, 0.15) is 25.3 Å². The predicted molar refractivity (Wildman–Crippen MR) is 139 cm³/mol. The highest BCUT2D eigenvalue weighted by Crippen LogP contribution is 2.39. The van der Waals surface area contributed by atoms with E-state index in [0.29, 0.717) is 24.7 Å². The minimum Gasteiger partial charge on any atom is -0.371 e. The van der Waals surface area contributed by atoms with Crippen molar-refractivity contribution in [3.63, 3.8) is 0 Å². The number of amides is 2. The van der Waals surface area contributed by atoms with Crippen molar-refractivity contribution in [1.29, 1.82) is 0 Å². The normalized spacial score (nSPS) is 14.7. The number of piperidine rings is 1. The number of carbonyl (C=O) groups is 1. The Labute approximate surface area is 212 Å². The molecule has 37 heavy (non-hydrogen) atoms. The number of nitrogens with one attached hydrogen (secondary N) is 2. The summed E-state index contributed by atoms with van der Waals surface area (Å²) in [6.45, 7) is 3.28. The number of aromatic nitrogens is 3. The lowest BCUT2D eigenvalue weighted by Crippen LogP contribution is -2.34. The molecule has 2 aromatic carbocycles. The number of aryl methyl sites for hydroxylation is 1. The van der Waals surface area contributed by atoms with Crippen LogP contribution < -0.4 is 15.5 Å². The van der Waals surface area contributed by atoms with Crippen LogP contribution in [-0.2, 0) is 13.2 Å². The fourth-order valence-corrected chi connectivity index (χ4v) is 4.68. The summed E-state index contributed by atoms with van der Waals surface area (Å²) in [6, 6.07) is 10.5. The molecule has 7 nitrogen and oxygen atoms in total. The van der Waals surface area contributed by atoms with E-state index in [0.717, 1.165) is 40.9 Å². The number of nitrogens with zero attached hydrogens (tertiary/aromatic N) is 4. The van der Waals surface area contributed by atoms with E-state index in [1.165, 1.54) is 12.1 Å². The Hall–Kier alpha value is -4.08. The van der Waals surface area contributed by atoms with E-state index in [4.69, 9.17) is 0 Å². The first-order valence-corrected chi connectivity index (χ1v) is 12.1. The van der Waals surface area contributed by atoms with E-state index in [1.807, 2.05) is 19.2 Å². The van der Waals surface area contributed by atoms with E-state index in [2.05, 4.69) is 27.6 Å². The summed E-state index contributed by atoms with van der Waals surface area (Å²) in [5.41, 5.74) is 2.69. The van der Waals surface area contributed by atoms with Crippen LogP contribution in [-0.4, -0.2) is 33.9 Å². The molecular weight excluding hydrogens is 481 g/mol. The molecule has 0 atom stereocenters. The molecule has 0 saturated carbocycles. The van der Waals surface area contributed by atoms with Gasteiger partial charge in [0.15, 0.2) is 0 Å². The lowest BCUT2D eigenvalue weighted by atomic mass is 9.98. The molecule has 2 amide bonds. The molecule has 1 saturated heterocycles. The van der Waals surface area contributed by atoms with Crippen molar-refractivity contribution in [1.82, 2.24) is 14.8 Å². The van der Waals surface area contributed by atoms with Gasteiger partial charge in [-0.2, -0.15) is 18.3 Å². The standard InChI is InChI=1S/C27H27F3N6O/c1-17-9-11-36(12-10-17)24-8-7-20(13-23(24)27(28,29)30)34-26(37)33-19-5-3-18(4-6-19)21-14-31-16-25-22(21)15-32-35(25)2/h3-8,13-17H,9-12H2,1-2H3,(H2,33,34,37). The Morgan fingerprint density at radius 1 is 0.973 bits per heavy atom. The first kappa shape index (κ1) is 24.6. The van der Waals surface area contributed by atoms with Gasteiger partial charge in [0.05, 0.1) is 23.5 Å². The molecular formula is C27H27F3N6O. The maximum absolute atomic E-state index is 13.9. The van der Waals surface area contributed by atoms with Crippen LogP contribution >= 0.6 is 0 Å². The lowest BCUT2D eigenvalue weighted by Gasteiger charge is -2.34. The summed E-state index contributed by atoms with van der Waals surface area (Å²) in [5, 5.41) is 10.4. The third-order valence-corrected chi connectivity index (χ3v) is 6.81. The predicted octanol–water partition coefficient (Wildman–Crippen LogP) is 6.53. The molecule has 5 rings (SSSR count). The number of carbonyl (C=O) groups excluding carboxylic acids is 1. The van der Waals surface area contributed by atoms with Gasteiger partial charge >= 0.3 is 12.2 Å². The molecule has 1 aliphatic heterocycles. The van der Waals surface area contributed by atoms with Gasteiger partial charge in [-0.25, -0.2) is 4.79 Å². The molecule has 1 fully saturated rings. The Balaban J connectivity index is 1.29. The summed E-state index contributed by atoms with van der Waals surface area (Å²) < 4.78 is 43.3. The molecule has 2 N–H and O–H groups in total. The molecule has 0 aliphatic carbocycles. The van der Waals surface area contributed by atoms with Crippen molar-refractivity contribution >= 4 is 34.0 Å². The highest BCUT2D eigenvalue weighted by molar-refractivity contribution is 6.00. The number of anilines is 3. The van der Waals surface area contributed by atoms with Gasteiger partial charge in [0.25, 0.3) is 0 Å². The molecule has 4 aromatic rings. The number of urea groups is 1. The van der Waals surface area contributed by atoms with E-state index in [1.54, 1.807) is 40.3 Å². The summed E-state index contributed by atoms with van der Waals surface area (Å²) >= 11 is 0. The maximum atomic E-state index is 13.9. The van der Waals surface area contributed by atoms with Gasteiger partial charge in [-0.3, -0.25) is 9.67 Å². The van der Waals surface area contributed by atoms with Crippen molar-refractivity contribution in [2.75, 3.05) is 28.6 Å². The number of benzene rings is 2. The van der Waals surface area contributed by atoms with Crippen LogP contribution in [0.5, 0.6) is 0 Å². The average Bonchev–Trinajstić information content (AvgIpc) is 3.25. The van der Waals surface area contributed by atoms with Gasteiger partial charge in [0, 0.05) is 54.3 Å². The number of pyridine rings is 1. The second kappa shape index (κ2) is 9.76. The van der Waals surface area contributed by atoms with Crippen LogP contribution in [0.3, 0.4) is 0 Å². The molecule has 0 unspecified atom stereocenters. The number of alkyl halides is 3. The Bertz CT molecular complexity index is 1420. The molecule has 10 heteroatoms. The summed E-state index contributed by atoms with van der Waals surface area (Å²) in [5.74, 6) is 0.505. The number of halogens is 3. The van der Waals surface area contributed by atoms with Crippen molar-refractivity contribution in [3.8, 4) is 11.1 Å². The fraction of sp³-hybridized carbons (Fsp3) is 0.296. The van der Waals surface area contributed by atoms with Gasteiger partial charge in [-0.05, 0) is 54.7 Å². The zero-order valence-corrected chi connectivity index (χ0v) is 20.5. The van der Waals surface area contributed by atoms with Gasteiger partial charge in [0.1, 0.15) is 0 Å². The van der Waals surface area contributed by atoms with Gasteiger partial charge in [0.2, 0.25) is 0 Å². The van der Waals surface area contributed by atoms with Crippen molar-refractivity contribution in [3.05, 3.63) is 66.6 Å². The quantitative estimate of drug-likeness (QED) is 0.329. The van der Waals surface area contributed by atoms with Crippen LogP contribution in [0.4, 0.5) is 35.0 Å². The second-order valence-corrected chi connectivity index (χ2v) is 9.44. The van der Waals surface area contributed by atoms with Crippen LogP contribution in [0, 0.1) is 5.92 Å².